The van der Waals surface area contributed by atoms with Crippen LogP contribution in [0.5, 0.6) is 0 Å². The predicted molar refractivity (Wildman–Crippen MR) is 83.9 cm³/mol. The Morgan fingerprint density at radius 2 is 2.00 bits per heavy atom. The predicted octanol–water partition coefficient (Wildman–Crippen LogP) is 2.42. The van der Waals surface area contributed by atoms with Crippen molar-refractivity contribution in [2.24, 2.45) is 0 Å². The molecule has 1 aliphatic heterocycles. The minimum atomic E-state index is 0.229. The number of hydrogen-bond acceptors (Lipinski definition) is 4. The van der Waals surface area contributed by atoms with E-state index in [1.54, 1.807) is 0 Å². The first-order valence-corrected chi connectivity index (χ1v) is 8.07. The summed E-state index contributed by atoms with van der Waals surface area (Å²) >= 11 is 1.83. The van der Waals surface area contributed by atoms with E-state index in [9.17, 15) is 0 Å². The lowest BCUT2D eigenvalue weighted by Gasteiger charge is -2.43. The maximum atomic E-state index is 3.69. The minimum absolute atomic E-state index is 0.229. The van der Waals surface area contributed by atoms with Crippen LogP contribution in [-0.4, -0.2) is 55.1 Å². The first-order chi connectivity index (χ1) is 8.99. The van der Waals surface area contributed by atoms with Gasteiger partial charge < -0.3 is 10.2 Å². The molecule has 0 amide bonds. The first-order valence-electron chi connectivity index (χ1n) is 7.19. The van der Waals surface area contributed by atoms with Crippen LogP contribution in [0.2, 0.25) is 0 Å². The molecule has 0 aliphatic carbocycles. The summed E-state index contributed by atoms with van der Waals surface area (Å²) in [6.07, 6.45) is 0. The van der Waals surface area contributed by atoms with Gasteiger partial charge in [0.15, 0.2) is 0 Å². The standard InChI is InChI=1S/C15H27N3S/c1-13(14-6-5-11-19-14)16-12-15(2,3)18-9-7-17(4)8-10-18/h5-6,11,13,16H,7-10,12H2,1-4H3. The van der Waals surface area contributed by atoms with Gasteiger partial charge in [-0.3, -0.25) is 4.90 Å². The average molecular weight is 281 g/mol. The molecule has 1 N–H and O–H groups in total. The Bertz CT molecular complexity index is 367. The van der Waals surface area contributed by atoms with Crippen molar-refractivity contribution in [1.82, 2.24) is 15.1 Å². The monoisotopic (exact) mass is 281 g/mol. The summed E-state index contributed by atoms with van der Waals surface area (Å²) in [5.74, 6) is 0. The summed E-state index contributed by atoms with van der Waals surface area (Å²) in [6.45, 7) is 12.7. The molecule has 1 aromatic heterocycles. The lowest BCUT2D eigenvalue weighted by atomic mass is 10.0. The largest absolute Gasteiger partial charge is 0.308 e. The van der Waals surface area contributed by atoms with Gasteiger partial charge in [-0.15, -0.1) is 11.3 Å². The Labute approximate surface area is 121 Å². The molecule has 108 valence electrons. The second-order valence-corrected chi connectivity index (χ2v) is 7.20. The maximum Gasteiger partial charge on any atom is 0.0386 e. The van der Waals surface area contributed by atoms with Gasteiger partial charge in [0.1, 0.15) is 0 Å². The average Bonchev–Trinajstić information content (AvgIpc) is 2.90. The van der Waals surface area contributed by atoms with Gasteiger partial charge in [0.25, 0.3) is 0 Å². The maximum absolute atomic E-state index is 3.69. The third-order valence-corrected chi connectivity index (χ3v) is 5.23. The Balaban J connectivity index is 1.83. The van der Waals surface area contributed by atoms with Crippen LogP contribution in [0.3, 0.4) is 0 Å². The second-order valence-electron chi connectivity index (χ2n) is 6.22. The lowest BCUT2D eigenvalue weighted by molar-refractivity contribution is 0.0605. The molecular formula is C15H27N3S. The summed E-state index contributed by atoms with van der Waals surface area (Å²) in [6, 6.07) is 4.79. The summed E-state index contributed by atoms with van der Waals surface area (Å²) in [7, 11) is 2.21. The van der Waals surface area contributed by atoms with Crippen LogP contribution in [0.25, 0.3) is 0 Å². The van der Waals surface area contributed by atoms with Crippen molar-refractivity contribution >= 4 is 11.3 Å². The number of piperazine rings is 1. The highest BCUT2D eigenvalue weighted by atomic mass is 32.1. The summed E-state index contributed by atoms with van der Waals surface area (Å²) in [4.78, 5) is 6.45. The molecular weight excluding hydrogens is 254 g/mol. The van der Waals surface area contributed by atoms with Gasteiger partial charge in [0.2, 0.25) is 0 Å². The third kappa shape index (κ3) is 4.02. The van der Waals surface area contributed by atoms with Crippen molar-refractivity contribution in [2.75, 3.05) is 39.8 Å². The molecule has 1 unspecified atom stereocenters. The number of rotatable bonds is 5. The van der Waals surface area contributed by atoms with Crippen molar-refractivity contribution in [3.05, 3.63) is 22.4 Å². The molecule has 0 spiro atoms. The van der Waals surface area contributed by atoms with E-state index >= 15 is 0 Å². The summed E-state index contributed by atoms with van der Waals surface area (Å²) in [5, 5.41) is 5.84. The topological polar surface area (TPSA) is 18.5 Å². The molecule has 1 atom stereocenters. The van der Waals surface area contributed by atoms with Crippen molar-refractivity contribution in [3.63, 3.8) is 0 Å². The summed E-state index contributed by atoms with van der Waals surface area (Å²) in [5.41, 5.74) is 0.229. The molecule has 1 aliphatic rings. The molecule has 1 aromatic rings. The zero-order valence-corrected chi connectivity index (χ0v) is 13.5. The van der Waals surface area contributed by atoms with E-state index in [4.69, 9.17) is 0 Å². The molecule has 4 heteroatoms. The van der Waals surface area contributed by atoms with Crippen LogP contribution in [0.1, 0.15) is 31.7 Å². The zero-order valence-electron chi connectivity index (χ0n) is 12.6. The van der Waals surface area contributed by atoms with E-state index in [0.717, 1.165) is 6.54 Å². The summed E-state index contributed by atoms with van der Waals surface area (Å²) < 4.78 is 0. The SMILES string of the molecule is CC(NCC(C)(C)N1CCN(C)CC1)c1cccs1. The number of hydrogen-bond donors (Lipinski definition) is 1. The molecule has 2 heterocycles. The Morgan fingerprint density at radius 1 is 1.32 bits per heavy atom. The zero-order chi connectivity index (χ0) is 13.9. The van der Waals surface area contributed by atoms with Gasteiger partial charge in [-0.2, -0.15) is 0 Å². The highest BCUT2D eigenvalue weighted by Crippen LogP contribution is 2.21. The van der Waals surface area contributed by atoms with Crippen LogP contribution in [0, 0.1) is 0 Å². The van der Waals surface area contributed by atoms with E-state index in [1.165, 1.54) is 31.1 Å². The molecule has 1 fully saturated rings. The molecule has 0 saturated carbocycles. The van der Waals surface area contributed by atoms with Crippen molar-refractivity contribution in [2.45, 2.75) is 32.4 Å². The second kappa shape index (κ2) is 6.35. The van der Waals surface area contributed by atoms with Crippen LogP contribution in [0.15, 0.2) is 17.5 Å². The molecule has 2 rings (SSSR count). The molecule has 19 heavy (non-hydrogen) atoms. The number of nitrogens with zero attached hydrogens (tertiary/aromatic N) is 2. The van der Waals surface area contributed by atoms with E-state index in [-0.39, 0.29) is 5.54 Å². The van der Waals surface area contributed by atoms with Gasteiger partial charge in [-0.05, 0) is 39.3 Å². The van der Waals surface area contributed by atoms with E-state index in [0.29, 0.717) is 6.04 Å². The quantitative estimate of drug-likeness (QED) is 0.894. The third-order valence-electron chi connectivity index (χ3n) is 4.17. The lowest BCUT2D eigenvalue weighted by Crippen LogP contribution is -2.57. The van der Waals surface area contributed by atoms with Gasteiger partial charge in [-0.25, -0.2) is 0 Å². The van der Waals surface area contributed by atoms with Crippen molar-refractivity contribution < 1.29 is 0 Å². The minimum Gasteiger partial charge on any atom is -0.308 e. The van der Waals surface area contributed by atoms with Crippen molar-refractivity contribution in [3.8, 4) is 0 Å². The van der Waals surface area contributed by atoms with E-state index < -0.39 is 0 Å². The molecule has 3 nitrogen and oxygen atoms in total. The van der Waals surface area contributed by atoms with Gasteiger partial charge >= 0.3 is 0 Å². The van der Waals surface area contributed by atoms with E-state index in [2.05, 4.69) is 60.4 Å². The fourth-order valence-corrected chi connectivity index (χ4v) is 3.32. The Morgan fingerprint density at radius 3 is 2.58 bits per heavy atom. The fourth-order valence-electron chi connectivity index (χ4n) is 2.56. The van der Waals surface area contributed by atoms with Crippen LogP contribution < -0.4 is 5.32 Å². The van der Waals surface area contributed by atoms with Crippen molar-refractivity contribution in [1.29, 1.82) is 0 Å². The number of likely N-dealkylation sites (N-methyl/N-ethyl adjacent to an activating group) is 1. The Hall–Kier alpha value is -0.420. The number of nitrogens with one attached hydrogen (secondary N) is 1. The van der Waals surface area contributed by atoms with Gasteiger partial charge in [0, 0.05) is 49.2 Å². The normalized spacial score (nSPS) is 20.6. The molecule has 0 radical (unpaired) electrons. The van der Waals surface area contributed by atoms with Crippen LogP contribution in [-0.2, 0) is 0 Å². The first kappa shape index (κ1) is 15.0. The molecule has 1 saturated heterocycles. The van der Waals surface area contributed by atoms with Crippen LogP contribution in [0.4, 0.5) is 0 Å². The molecule has 0 aromatic carbocycles. The molecule has 0 bridgehead atoms. The smallest absolute Gasteiger partial charge is 0.0386 e. The van der Waals surface area contributed by atoms with Gasteiger partial charge in [0.05, 0.1) is 0 Å². The highest BCUT2D eigenvalue weighted by molar-refractivity contribution is 7.10. The Kier molecular flexibility index (Phi) is 5.01. The van der Waals surface area contributed by atoms with E-state index in [1.807, 2.05) is 11.3 Å². The van der Waals surface area contributed by atoms with Crippen LogP contribution >= 0.6 is 11.3 Å². The highest BCUT2D eigenvalue weighted by Gasteiger charge is 2.29. The number of thiophene rings is 1. The van der Waals surface area contributed by atoms with Gasteiger partial charge in [-0.1, -0.05) is 6.07 Å². The fraction of sp³-hybridized carbons (Fsp3) is 0.733.